The molecule has 0 spiro atoms. The molecule has 0 aliphatic carbocycles. The Morgan fingerprint density at radius 3 is 2.40 bits per heavy atom. The third-order valence-electron chi connectivity index (χ3n) is 5.04. The maximum atomic E-state index is 12.3. The van der Waals surface area contributed by atoms with Crippen molar-refractivity contribution in [3.8, 4) is 0 Å². The van der Waals surface area contributed by atoms with Gasteiger partial charge in [-0.2, -0.15) is 0 Å². The highest BCUT2D eigenvalue weighted by atomic mass is 16.3. The fraction of sp³-hybridized carbons (Fsp3) is 0.556. The maximum Gasteiger partial charge on any atom is 0.251 e. The molecular formula is C18H25N3O4. The molecule has 3 rings (SSSR count). The summed E-state index contributed by atoms with van der Waals surface area (Å²) in [5.41, 5.74) is 1.58. The molecule has 0 aromatic heterocycles. The van der Waals surface area contributed by atoms with Crippen LogP contribution in [0.25, 0.3) is 0 Å². The molecule has 3 unspecified atom stereocenters. The number of nitrogens with one attached hydrogen (secondary N) is 2. The van der Waals surface area contributed by atoms with Crippen LogP contribution in [0.1, 0.15) is 36.0 Å². The third-order valence-corrected chi connectivity index (χ3v) is 5.04. The molecule has 0 radical (unpaired) electrons. The Morgan fingerprint density at radius 2 is 1.80 bits per heavy atom. The zero-order valence-corrected chi connectivity index (χ0v) is 14.1. The van der Waals surface area contributed by atoms with Gasteiger partial charge in [0.1, 0.15) is 18.7 Å². The molecule has 2 saturated heterocycles. The lowest BCUT2D eigenvalue weighted by Crippen LogP contribution is -2.56. The molecule has 1 aromatic carbocycles. The van der Waals surface area contributed by atoms with Crippen LogP contribution < -0.4 is 15.5 Å². The highest BCUT2D eigenvalue weighted by molar-refractivity contribution is 5.94. The SMILES string of the molecule is O=CC1CCN(c2ccc(C(=O)NC3CCC(O)NC3O)cc2)CC1. The first-order valence-corrected chi connectivity index (χ1v) is 8.80. The zero-order valence-electron chi connectivity index (χ0n) is 14.1. The molecule has 2 aliphatic heterocycles. The summed E-state index contributed by atoms with van der Waals surface area (Å²) >= 11 is 0. The van der Waals surface area contributed by atoms with E-state index in [2.05, 4.69) is 15.5 Å². The molecule has 2 heterocycles. The van der Waals surface area contributed by atoms with E-state index in [4.69, 9.17) is 0 Å². The smallest absolute Gasteiger partial charge is 0.251 e. The van der Waals surface area contributed by atoms with Crippen LogP contribution in [0.3, 0.4) is 0 Å². The normalized spacial score (nSPS) is 27.8. The summed E-state index contributed by atoms with van der Waals surface area (Å²) in [6.07, 6.45) is 2.09. The molecular weight excluding hydrogens is 322 g/mol. The first-order chi connectivity index (χ1) is 12.1. The Hall–Kier alpha value is -1.96. The quantitative estimate of drug-likeness (QED) is 0.581. The summed E-state index contributed by atoms with van der Waals surface area (Å²) in [7, 11) is 0. The van der Waals surface area contributed by atoms with Gasteiger partial charge in [-0.3, -0.25) is 10.1 Å². The van der Waals surface area contributed by atoms with Gasteiger partial charge >= 0.3 is 0 Å². The van der Waals surface area contributed by atoms with Crippen LogP contribution in [0.15, 0.2) is 24.3 Å². The lowest BCUT2D eigenvalue weighted by Gasteiger charge is -2.32. The van der Waals surface area contributed by atoms with E-state index in [1.54, 1.807) is 12.1 Å². The van der Waals surface area contributed by atoms with Crippen molar-refractivity contribution in [1.82, 2.24) is 10.6 Å². The number of aliphatic hydroxyl groups excluding tert-OH is 2. The van der Waals surface area contributed by atoms with E-state index in [1.165, 1.54) is 0 Å². The van der Waals surface area contributed by atoms with Gasteiger partial charge in [0.15, 0.2) is 0 Å². The lowest BCUT2D eigenvalue weighted by atomic mass is 9.98. The van der Waals surface area contributed by atoms with E-state index >= 15 is 0 Å². The van der Waals surface area contributed by atoms with E-state index in [1.807, 2.05) is 12.1 Å². The number of rotatable bonds is 4. The number of benzene rings is 1. The zero-order chi connectivity index (χ0) is 17.8. The molecule has 25 heavy (non-hydrogen) atoms. The van der Waals surface area contributed by atoms with Gasteiger partial charge < -0.3 is 25.2 Å². The molecule has 7 nitrogen and oxygen atoms in total. The molecule has 2 fully saturated rings. The van der Waals surface area contributed by atoms with E-state index < -0.39 is 18.5 Å². The molecule has 4 N–H and O–H groups in total. The van der Waals surface area contributed by atoms with Gasteiger partial charge in [0.05, 0.1) is 6.04 Å². The maximum absolute atomic E-state index is 12.3. The fourth-order valence-corrected chi connectivity index (χ4v) is 3.41. The highest BCUT2D eigenvalue weighted by Gasteiger charge is 2.28. The number of piperidine rings is 2. The van der Waals surface area contributed by atoms with E-state index in [-0.39, 0.29) is 11.8 Å². The van der Waals surface area contributed by atoms with Crippen molar-refractivity contribution in [1.29, 1.82) is 0 Å². The molecule has 3 atom stereocenters. The number of anilines is 1. The molecule has 0 saturated carbocycles. The summed E-state index contributed by atoms with van der Waals surface area (Å²) in [5.74, 6) is -0.0798. The molecule has 2 aliphatic rings. The number of aliphatic hydroxyl groups is 2. The monoisotopic (exact) mass is 347 g/mol. The van der Waals surface area contributed by atoms with Crippen LogP contribution in [-0.4, -0.2) is 54.0 Å². The summed E-state index contributed by atoms with van der Waals surface area (Å²) in [4.78, 5) is 25.4. The van der Waals surface area contributed by atoms with Gasteiger partial charge in [0.25, 0.3) is 5.91 Å². The van der Waals surface area contributed by atoms with Crippen molar-refractivity contribution in [3.05, 3.63) is 29.8 Å². The van der Waals surface area contributed by atoms with Crippen molar-refractivity contribution in [2.24, 2.45) is 5.92 Å². The molecule has 1 amide bonds. The second-order valence-corrected chi connectivity index (χ2v) is 6.79. The first-order valence-electron chi connectivity index (χ1n) is 8.80. The second kappa shape index (κ2) is 7.95. The molecule has 0 bridgehead atoms. The number of amides is 1. The van der Waals surface area contributed by atoms with Gasteiger partial charge in [0.2, 0.25) is 0 Å². The van der Waals surface area contributed by atoms with Gasteiger partial charge in [-0.05, 0) is 49.9 Å². The summed E-state index contributed by atoms with van der Waals surface area (Å²) < 4.78 is 0. The topological polar surface area (TPSA) is 102 Å². The van der Waals surface area contributed by atoms with Crippen LogP contribution in [0.4, 0.5) is 5.69 Å². The average molecular weight is 347 g/mol. The Balaban J connectivity index is 1.56. The van der Waals surface area contributed by atoms with Crippen LogP contribution in [0.2, 0.25) is 0 Å². The largest absolute Gasteiger partial charge is 0.379 e. The number of hydrogen-bond acceptors (Lipinski definition) is 6. The molecule has 136 valence electrons. The number of aldehydes is 1. The predicted molar refractivity (Wildman–Crippen MR) is 93.1 cm³/mol. The minimum absolute atomic E-state index is 0.162. The lowest BCUT2D eigenvalue weighted by molar-refractivity contribution is -0.111. The van der Waals surface area contributed by atoms with Crippen molar-refractivity contribution in [2.75, 3.05) is 18.0 Å². The number of nitrogens with zero attached hydrogens (tertiary/aromatic N) is 1. The standard InChI is InChI=1S/C18H25N3O4/c22-11-12-7-9-21(10-8-12)14-3-1-13(2-4-14)17(24)19-15-5-6-16(23)20-18(15)25/h1-4,11-12,15-16,18,20,23,25H,5-10H2,(H,19,24). The predicted octanol–water partition coefficient (Wildman–Crippen LogP) is 0.221. The summed E-state index contributed by atoms with van der Waals surface area (Å²) in [5, 5.41) is 24.7. The summed E-state index contributed by atoms with van der Waals surface area (Å²) in [6.45, 7) is 1.69. The van der Waals surface area contributed by atoms with Crippen molar-refractivity contribution < 1.29 is 19.8 Å². The Kier molecular flexibility index (Phi) is 5.67. The van der Waals surface area contributed by atoms with Crippen LogP contribution in [0, 0.1) is 5.92 Å². The van der Waals surface area contributed by atoms with Crippen LogP contribution in [-0.2, 0) is 4.79 Å². The molecule has 1 aromatic rings. The third kappa shape index (κ3) is 4.36. The Labute approximate surface area is 147 Å². The van der Waals surface area contributed by atoms with Crippen LogP contribution >= 0.6 is 0 Å². The first kappa shape index (κ1) is 17.8. The van der Waals surface area contributed by atoms with Crippen molar-refractivity contribution in [3.63, 3.8) is 0 Å². The van der Waals surface area contributed by atoms with E-state index in [0.29, 0.717) is 18.4 Å². The number of hydrogen-bond donors (Lipinski definition) is 4. The van der Waals surface area contributed by atoms with Gasteiger partial charge in [-0.15, -0.1) is 0 Å². The molecule has 7 heteroatoms. The summed E-state index contributed by atoms with van der Waals surface area (Å²) in [6, 6.07) is 6.95. The van der Waals surface area contributed by atoms with Gasteiger partial charge in [0, 0.05) is 30.3 Å². The Bertz CT molecular complexity index is 599. The minimum atomic E-state index is -0.953. The van der Waals surface area contributed by atoms with Crippen molar-refractivity contribution in [2.45, 2.75) is 44.2 Å². The highest BCUT2D eigenvalue weighted by Crippen LogP contribution is 2.22. The second-order valence-electron chi connectivity index (χ2n) is 6.79. The van der Waals surface area contributed by atoms with Gasteiger partial charge in [-0.1, -0.05) is 0 Å². The number of carbonyl (C=O) groups is 2. The van der Waals surface area contributed by atoms with E-state index in [0.717, 1.165) is 37.9 Å². The van der Waals surface area contributed by atoms with E-state index in [9.17, 15) is 19.8 Å². The minimum Gasteiger partial charge on any atom is -0.379 e. The average Bonchev–Trinajstić information content (AvgIpc) is 2.64. The Morgan fingerprint density at radius 1 is 1.12 bits per heavy atom. The van der Waals surface area contributed by atoms with Crippen molar-refractivity contribution >= 4 is 17.9 Å². The van der Waals surface area contributed by atoms with Gasteiger partial charge in [-0.25, -0.2) is 0 Å². The van der Waals surface area contributed by atoms with Crippen LogP contribution in [0.5, 0.6) is 0 Å². The number of carbonyl (C=O) groups excluding carboxylic acids is 2. The fourth-order valence-electron chi connectivity index (χ4n) is 3.41.